The number of ether oxygens (including phenoxy) is 1. The van der Waals surface area contributed by atoms with Crippen LogP contribution >= 0.6 is 11.6 Å². The van der Waals surface area contributed by atoms with E-state index in [4.69, 9.17) is 16.3 Å². The van der Waals surface area contributed by atoms with E-state index in [9.17, 15) is 0 Å². The van der Waals surface area contributed by atoms with Crippen molar-refractivity contribution in [3.05, 3.63) is 88.0 Å². The van der Waals surface area contributed by atoms with E-state index in [0.29, 0.717) is 17.5 Å². The van der Waals surface area contributed by atoms with Gasteiger partial charge in [0.2, 0.25) is 0 Å². The Kier molecular flexibility index (Phi) is 4.94. The van der Waals surface area contributed by atoms with Crippen LogP contribution in [0.1, 0.15) is 49.1 Å². The summed E-state index contributed by atoms with van der Waals surface area (Å²) < 4.78 is 5.91. The lowest BCUT2D eigenvalue weighted by atomic mass is 9.76. The van der Waals surface area contributed by atoms with Crippen LogP contribution in [0.3, 0.4) is 0 Å². The molecule has 0 N–H and O–H groups in total. The first-order valence-electron chi connectivity index (χ1n) is 9.16. The van der Waals surface area contributed by atoms with Gasteiger partial charge in [0.1, 0.15) is 12.4 Å². The zero-order valence-corrected chi connectivity index (χ0v) is 15.1. The maximum Gasteiger partial charge on any atom is 0.138 e. The van der Waals surface area contributed by atoms with Crippen molar-refractivity contribution in [1.82, 2.24) is 0 Å². The zero-order valence-electron chi connectivity index (χ0n) is 14.4. The van der Waals surface area contributed by atoms with Gasteiger partial charge in [-0.15, -0.1) is 0 Å². The monoisotopic (exact) mass is 350 g/mol. The molecule has 0 bridgehead atoms. The minimum atomic E-state index is 0.487. The highest BCUT2D eigenvalue weighted by Crippen LogP contribution is 2.43. The molecule has 2 aromatic rings. The first kappa shape index (κ1) is 16.5. The lowest BCUT2D eigenvalue weighted by Gasteiger charge is -2.29. The van der Waals surface area contributed by atoms with E-state index in [1.807, 2.05) is 24.3 Å². The van der Waals surface area contributed by atoms with Gasteiger partial charge in [-0.1, -0.05) is 65.7 Å². The average molecular weight is 351 g/mol. The Balaban J connectivity index is 1.52. The normalized spacial score (nSPS) is 19.6. The highest BCUT2D eigenvalue weighted by atomic mass is 35.5. The molecule has 2 aliphatic rings. The van der Waals surface area contributed by atoms with Crippen LogP contribution < -0.4 is 4.74 Å². The maximum atomic E-state index is 6.53. The molecule has 0 fully saturated rings. The van der Waals surface area contributed by atoms with Gasteiger partial charge in [-0.3, -0.25) is 0 Å². The molecule has 0 saturated heterocycles. The molecule has 0 heterocycles. The lowest BCUT2D eigenvalue weighted by molar-refractivity contribution is 0.306. The summed E-state index contributed by atoms with van der Waals surface area (Å²) in [5.41, 5.74) is 5.65. The molecule has 0 radical (unpaired) electrons. The van der Waals surface area contributed by atoms with Gasteiger partial charge in [0.15, 0.2) is 0 Å². The average Bonchev–Trinajstić information content (AvgIpc) is 2.67. The molecule has 128 valence electrons. The Morgan fingerprint density at radius 1 is 1.04 bits per heavy atom. The summed E-state index contributed by atoms with van der Waals surface area (Å²) in [5.74, 6) is 1.25. The van der Waals surface area contributed by atoms with Crippen molar-refractivity contribution in [1.29, 1.82) is 0 Å². The summed E-state index contributed by atoms with van der Waals surface area (Å²) in [6.07, 6.45) is 10.8. The van der Waals surface area contributed by atoms with Crippen molar-refractivity contribution >= 4 is 11.6 Å². The minimum absolute atomic E-state index is 0.487. The first-order valence-corrected chi connectivity index (χ1v) is 9.53. The van der Waals surface area contributed by atoms with Gasteiger partial charge in [-0.05, 0) is 60.9 Å². The van der Waals surface area contributed by atoms with E-state index in [1.165, 1.54) is 43.2 Å². The largest absolute Gasteiger partial charge is 0.487 e. The molecule has 0 spiro atoms. The van der Waals surface area contributed by atoms with Crippen LogP contribution in [0.25, 0.3) is 0 Å². The highest BCUT2D eigenvalue weighted by molar-refractivity contribution is 6.32. The minimum Gasteiger partial charge on any atom is -0.487 e. The van der Waals surface area contributed by atoms with Crippen molar-refractivity contribution < 1.29 is 4.74 Å². The van der Waals surface area contributed by atoms with Gasteiger partial charge >= 0.3 is 0 Å². The molecule has 0 aliphatic heterocycles. The molecule has 1 nitrogen and oxygen atoms in total. The van der Waals surface area contributed by atoms with E-state index < -0.39 is 0 Å². The van der Waals surface area contributed by atoms with Crippen LogP contribution in [0, 0.1) is 0 Å². The second-order valence-corrected chi connectivity index (χ2v) is 7.32. The summed E-state index contributed by atoms with van der Waals surface area (Å²) in [5, 5.41) is 0.709. The van der Waals surface area contributed by atoms with E-state index in [-0.39, 0.29) is 0 Å². The SMILES string of the molecule is Clc1cc(C2CCCC3=C2C=CCC3)ccc1OCc1ccccc1. The smallest absolute Gasteiger partial charge is 0.138 e. The summed E-state index contributed by atoms with van der Waals surface area (Å²) in [4.78, 5) is 0. The Morgan fingerprint density at radius 2 is 1.92 bits per heavy atom. The predicted octanol–water partition coefficient (Wildman–Crippen LogP) is 6.83. The molecule has 2 aliphatic carbocycles. The Labute approximate surface area is 155 Å². The Bertz CT molecular complexity index is 804. The van der Waals surface area contributed by atoms with Crippen LogP contribution in [0.15, 0.2) is 71.8 Å². The number of rotatable bonds is 4. The zero-order chi connectivity index (χ0) is 17.1. The molecule has 25 heavy (non-hydrogen) atoms. The third kappa shape index (κ3) is 3.67. The number of hydrogen-bond donors (Lipinski definition) is 0. The third-order valence-corrected chi connectivity index (χ3v) is 5.56. The van der Waals surface area contributed by atoms with Crippen molar-refractivity contribution in [2.75, 3.05) is 0 Å². The van der Waals surface area contributed by atoms with Crippen molar-refractivity contribution in [2.45, 2.75) is 44.6 Å². The van der Waals surface area contributed by atoms with Gasteiger partial charge in [0.05, 0.1) is 5.02 Å². The second-order valence-electron chi connectivity index (χ2n) is 6.91. The summed E-state index contributed by atoms with van der Waals surface area (Å²) in [6, 6.07) is 16.5. The molecule has 0 aromatic heterocycles. The lowest BCUT2D eigenvalue weighted by Crippen LogP contribution is -2.12. The van der Waals surface area contributed by atoms with Crippen molar-refractivity contribution in [2.24, 2.45) is 0 Å². The number of halogens is 1. The predicted molar refractivity (Wildman–Crippen MR) is 104 cm³/mol. The van der Waals surface area contributed by atoms with Crippen LogP contribution in [0.5, 0.6) is 5.75 Å². The van der Waals surface area contributed by atoms with Crippen LogP contribution in [-0.4, -0.2) is 0 Å². The van der Waals surface area contributed by atoms with Crippen LogP contribution in [0.2, 0.25) is 5.02 Å². The fourth-order valence-electron chi connectivity index (χ4n) is 3.97. The summed E-state index contributed by atoms with van der Waals surface area (Å²) in [7, 11) is 0. The number of allylic oxidation sites excluding steroid dienone is 4. The quantitative estimate of drug-likeness (QED) is 0.587. The Morgan fingerprint density at radius 3 is 2.76 bits per heavy atom. The molecule has 1 atom stereocenters. The van der Waals surface area contributed by atoms with Gasteiger partial charge in [-0.2, -0.15) is 0 Å². The first-order chi connectivity index (χ1) is 12.3. The standard InChI is InChI=1S/C23H23ClO/c24-22-15-19(21-12-6-10-18-9-4-5-11-20(18)21)13-14-23(22)25-16-17-7-2-1-3-8-17/h1-3,5,7-8,11,13-15,21H,4,6,9-10,12,16H2. The number of hydrogen-bond acceptors (Lipinski definition) is 1. The molecule has 2 heteroatoms. The second kappa shape index (κ2) is 7.49. The highest BCUT2D eigenvalue weighted by Gasteiger charge is 2.24. The molecular weight excluding hydrogens is 328 g/mol. The maximum absolute atomic E-state index is 6.53. The molecule has 0 saturated carbocycles. The third-order valence-electron chi connectivity index (χ3n) is 5.26. The molecule has 0 amide bonds. The van der Waals surface area contributed by atoms with Gasteiger partial charge in [-0.25, -0.2) is 0 Å². The van der Waals surface area contributed by atoms with E-state index >= 15 is 0 Å². The van der Waals surface area contributed by atoms with Crippen LogP contribution in [-0.2, 0) is 6.61 Å². The van der Waals surface area contributed by atoms with E-state index in [2.05, 4.69) is 36.4 Å². The molecule has 4 rings (SSSR count). The van der Waals surface area contributed by atoms with E-state index in [0.717, 1.165) is 11.3 Å². The van der Waals surface area contributed by atoms with Gasteiger partial charge < -0.3 is 4.74 Å². The van der Waals surface area contributed by atoms with E-state index in [1.54, 1.807) is 5.57 Å². The topological polar surface area (TPSA) is 9.23 Å². The summed E-state index contributed by atoms with van der Waals surface area (Å²) >= 11 is 6.53. The van der Waals surface area contributed by atoms with Gasteiger partial charge in [0.25, 0.3) is 0 Å². The Hall–Kier alpha value is -1.99. The number of benzene rings is 2. The fraction of sp³-hybridized carbons (Fsp3) is 0.304. The molecule has 2 aromatic carbocycles. The molecular formula is C23H23ClO. The molecule has 1 unspecified atom stereocenters. The fourth-order valence-corrected chi connectivity index (χ4v) is 4.21. The summed E-state index contributed by atoms with van der Waals surface area (Å²) in [6.45, 7) is 0.543. The van der Waals surface area contributed by atoms with Crippen molar-refractivity contribution in [3.63, 3.8) is 0 Å². The van der Waals surface area contributed by atoms with Crippen molar-refractivity contribution in [3.8, 4) is 5.75 Å². The van der Waals surface area contributed by atoms with Crippen LogP contribution in [0.4, 0.5) is 0 Å². The van der Waals surface area contributed by atoms with Gasteiger partial charge in [0, 0.05) is 5.92 Å².